The Balaban J connectivity index is 1.42. The van der Waals surface area contributed by atoms with Crippen molar-refractivity contribution in [3.63, 3.8) is 0 Å². The lowest BCUT2D eigenvalue weighted by Crippen LogP contribution is -2.19. The average molecular weight is 379 g/mol. The minimum Gasteiger partial charge on any atom is -0.496 e. The molecule has 1 unspecified atom stereocenters. The zero-order valence-electron chi connectivity index (χ0n) is 15.5. The predicted molar refractivity (Wildman–Crippen MR) is 102 cm³/mol. The largest absolute Gasteiger partial charge is 0.496 e. The molecule has 0 spiro atoms. The van der Waals surface area contributed by atoms with Crippen LogP contribution >= 0.6 is 0 Å². The number of aromatic carboxylic acids is 1. The van der Waals surface area contributed by atoms with Crippen LogP contribution in [0.15, 0.2) is 52.9 Å². The Morgan fingerprint density at radius 2 is 2.00 bits per heavy atom. The zero-order chi connectivity index (χ0) is 19.5. The number of rotatable bonds is 6. The smallest absolute Gasteiger partial charge is 0.335 e. The zero-order valence-corrected chi connectivity index (χ0v) is 15.5. The number of methoxy groups -OCH3 is 1. The highest BCUT2D eigenvalue weighted by Crippen LogP contribution is 2.32. The number of aromatic nitrogens is 2. The van der Waals surface area contributed by atoms with Gasteiger partial charge >= 0.3 is 5.97 Å². The van der Waals surface area contributed by atoms with Crippen molar-refractivity contribution in [2.75, 3.05) is 20.2 Å². The van der Waals surface area contributed by atoms with Gasteiger partial charge in [0.1, 0.15) is 5.75 Å². The lowest BCUT2D eigenvalue weighted by Gasteiger charge is -2.15. The van der Waals surface area contributed by atoms with E-state index in [9.17, 15) is 4.79 Å². The Morgan fingerprint density at radius 1 is 1.21 bits per heavy atom. The highest BCUT2D eigenvalue weighted by Gasteiger charge is 2.28. The molecule has 0 saturated carbocycles. The molecule has 144 valence electrons. The highest BCUT2D eigenvalue weighted by atomic mass is 16.5. The number of carboxylic acid groups (broad SMARTS) is 1. The number of likely N-dealkylation sites (tertiary alicyclic amines) is 1. The summed E-state index contributed by atoms with van der Waals surface area (Å²) in [4.78, 5) is 13.3. The summed E-state index contributed by atoms with van der Waals surface area (Å²) >= 11 is 0. The van der Waals surface area contributed by atoms with E-state index in [-0.39, 0.29) is 5.92 Å². The fourth-order valence-corrected chi connectivity index (χ4v) is 3.52. The highest BCUT2D eigenvalue weighted by molar-refractivity contribution is 5.87. The van der Waals surface area contributed by atoms with E-state index in [4.69, 9.17) is 14.3 Å². The number of hydrogen-bond donors (Lipinski definition) is 1. The van der Waals surface area contributed by atoms with E-state index in [1.54, 1.807) is 19.2 Å². The molecule has 1 saturated heterocycles. The molecule has 1 N–H and O–H groups in total. The molecule has 1 aliphatic rings. The molecule has 2 aromatic carbocycles. The Labute approximate surface area is 162 Å². The molecule has 0 amide bonds. The van der Waals surface area contributed by atoms with Gasteiger partial charge in [-0.05, 0) is 42.8 Å². The quantitative estimate of drug-likeness (QED) is 0.702. The maximum absolute atomic E-state index is 11.0. The maximum atomic E-state index is 11.0. The van der Waals surface area contributed by atoms with Crippen molar-refractivity contribution in [2.24, 2.45) is 0 Å². The molecular weight excluding hydrogens is 358 g/mol. The van der Waals surface area contributed by atoms with E-state index < -0.39 is 5.97 Å². The standard InChI is InChI=1S/C21H21N3O4/c1-27-18-5-3-2-4-17(18)20-23-22-19(28-20)16-10-11-24(13-16)12-14-6-8-15(9-7-14)21(25)26/h2-9,16H,10-13H2,1H3,(H,25,26). The molecule has 0 aliphatic carbocycles. The summed E-state index contributed by atoms with van der Waals surface area (Å²) in [5.41, 5.74) is 2.18. The van der Waals surface area contributed by atoms with Crippen molar-refractivity contribution in [3.05, 3.63) is 65.5 Å². The predicted octanol–water partition coefficient (Wildman–Crippen LogP) is 3.43. The summed E-state index contributed by atoms with van der Waals surface area (Å²) in [6.45, 7) is 2.52. The maximum Gasteiger partial charge on any atom is 0.335 e. The van der Waals surface area contributed by atoms with Gasteiger partial charge < -0.3 is 14.3 Å². The normalized spacial score (nSPS) is 17.0. The third kappa shape index (κ3) is 3.75. The molecule has 1 aliphatic heterocycles. The number of carbonyl (C=O) groups is 1. The number of nitrogens with zero attached hydrogens (tertiary/aromatic N) is 3. The first-order valence-corrected chi connectivity index (χ1v) is 9.15. The molecule has 7 heteroatoms. The molecule has 2 heterocycles. The molecular formula is C21H21N3O4. The van der Waals surface area contributed by atoms with Gasteiger partial charge in [0.15, 0.2) is 0 Å². The summed E-state index contributed by atoms with van der Waals surface area (Å²) in [7, 11) is 1.62. The van der Waals surface area contributed by atoms with E-state index >= 15 is 0 Å². The molecule has 1 atom stereocenters. The van der Waals surface area contributed by atoms with Crippen molar-refractivity contribution >= 4 is 5.97 Å². The van der Waals surface area contributed by atoms with Gasteiger partial charge in [-0.2, -0.15) is 0 Å². The number of para-hydroxylation sites is 1. The van der Waals surface area contributed by atoms with Crippen LogP contribution in [-0.4, -0.2) is 46.4 Å². The van der Waals surface area contributed by atoms with Crippen molar-refractivity contribution in [3.8, 4) is 17.2 Å². The number of hydrogen-bond acceptors (Lipinski definition) is 6. The van der Waals surface area contributed by atoms with Crippen LogP contribution in [0.25, 0.3) is 11.5 Å². The van der Waals surface area contributed by atoms with Crippen LogP contribution in [0.3, 0.4) is 0 Å². The van der Waals surface area contributed by atoms with Gasteiger partial charge in [0.2, 0.25) is 5.89 Å². The van der Waals surface area contributed by atoms with Gasteiger partial charge in [0.05, 0.1) is 24.2 Å². The van der Waals surface area contributed by atoms with Crippen LogP contribution < -0.4 is 4.74 Å². The Bertz CT molecular complexity index is 968. The summed E-state index contributed by atoms with van der Waals surface area (Å²) in [5, 5.41) is 17.5. The molecule has 3 aromatic rings. The van der Waals surface area contributed by atoms with Crippen molar-refractivity contribution in [2.45, 2.75) is 18.9 Å². The molecule has 4 rings (SSSR count). The minimum absolute atomic E-state index is 0.189. The number of benzene rings is 2. The molecule has 0 bridgehead atoms. The first-order valence-electron chi connectivity index (χ1n) is 9.15. The average Bonchev–Trinajstić information content (AvgIpc) is 3.38. The van der Waals surface area contributed by atoms with Crippen molar-refractivity contribution < 1.29 is 19.1 Å². The van der Waals surface area contributed by atoms with E-state index in [0.29, 0.717) is 23.1 Å². The second-order valence-corrected chi connectivity index (χ2v) is 6.87. The van der Waals surface area contributed by atoms with Gasteiger partial charge in [0, 0.05) is 13.1 Å². The van der Waals surface area contributed by atoms with Gasteiger partial charge in [-0.15, -0.1) is 10.2 Å². The third-order valence-electron chi connectivity index (χ3n) is 5.01. The fourth-order valence-electron chi connectivity index (χ4n) is 3.52. The monoisotopic (exact) mass is 379 g/mol. The van der Waals surface area contributed by atoms with Crippen LogP contribution in [-0.2, 0) is 6.54 Å². The van der Waals surface area contributed by atoms with Crippen molar-refractivity contribution in [1.29, 1.82) is 0 Å². The van der Waals surface area contributed by atoms with Crippen LogP contribution in [0.4, 0.5) is 0 Å². The molecule has 7 nitrogen and oxygen atoms in total. The Morgan fingerprint density at radius 3 is 2.75 bits per heavy atom. The molecule has 0 radical (unpaired) electrons. The van der Waals surface area contributed by atoms with Crippen LogP contribution in [0.2, 0.25) is 0 Å². The first kappa shape index (κ1) is 18.2. The van der Waals surface area contributed by atoms with Crippen molar-refractivity contribution in [1.82, 2.24) is 15.1 Å². The molecule has 1 aromatic heterocycles. The van der Waals surface area contributed by atoms with Gasteiger partial charge in [-0.1, -0.05) is 24.3 Å². The summed E-state index contributed by atoms with van der Waals surface area (Å²) in [6.07, 6.45) is 0.945. The van der Waals surface area contributed by atoms with Crippen LogP contribution in [0.1, 0.15) is 34.2 Å². The summed E-state index contributed by atoms with van der Waals surface area (Å²) in [6, 6.07) is 14.6. The summed E-state index contributed by atoms with van der Waals surface area (Å²) < 4.78 is 11.3. The number of carboxylic acids is 1. The topological polar surface area (TPSA) is 88.7 Å². The molecule has 1 fully saturated rings. The van der Waals surface area contributed by atoms with Crippen LogP contribution in [0, 0.1) is 0 Å². The number of ether oxygens (including phenoxy) is 1. The molecule has 28 heavy (non-hydrogen) atoms. The van der Waals surface area contributed by atoms with E-state index in [1.807, 2.05) is 36.4 Å². The first-order chi connectivity index (χ1) is 13.6. The van der Waals surface area contributed by atoms with Crippen LogP contribution in [0.5, 0.6) is 5.75 Å². The van der Waals surface area contributed by atoms with E-state index in [0.717, 1.165) is 37.2 Å². The minimum atomic E-state index is -0.907. The second-order valence-electron chi connectivity index (χ2n) is 6.87. The van der Waals surface area contributed by atoms with E-state index in [1.165, 1.54) is 0 Å². The van der Waals surface area contributed by atoms with Gasteiger partial charge in [-0.3, -0.25) is 4.90 Å². The second kappa shape index (κ2) is 7.82. The Hall–Kier alpha value is -3.19. The summed E-state index contributed by atoms with van der Waals surface area (Å²) in [5.74, 6) is 1.10. The van der Waals surface area contributed by atoms with Gasteiger partial charge in [-0.25, -0.2) is 4.79 Å². The Kier molecular flexibility index (Phi) is 5.08. The SMILES string of the molecule is COc1ccccc1-c1nnc(C2CCN(Cc3ccc(C(=O)O)cc3)C2)o1. The lowest BCUT2D eigenvalue weighted by molar-refractivity contribution is 0.0697. The third-order valence-corrected chi connectivity index (χ3v) is 5.01. The van der Waals surface area contributed by atoms with E-state index in [2.05, 4.69) is 15.1 Å². The van der Waals surface area contributed by atoms with Gasteiger partial charge in [0.25, 0.3) is 5.89 Å². The lowest BCUT2D eigenvalue weighted by atomic mass is 10.1. The fraction of sp³-hybridized carbons (Fsp3) is 0.286.